The van der Waals surface area contributed by atoms with Gasteiger partial charge >= 0.3 is 0 Å². The molecule has 0 unspecified atom stereocenters. The molecule has 1 N–H and O–H groups in total. The molecular weight excluding hydrogens is 216 g/mol. The number of halogens is 1. The Kier molecular flexibility index (Phi) is 4.08. The smallest absolute Gasteiger partial charge is 0.127 e. The van der Waals surface area contributed by atoms with E-state index in [4.69, 9.17) is 0 Å². The molecule has 1 rings (SSSR count). The highest BCUT2D eigenvalue weighted by Gasteiger charge is 1.92. The predicted octanol–water partition coefficient (Wildman–Crippen LogP) is 3.06. The Morgan fingerprint density at radius 3 is 3.00 bits per heavy atom. The summed E-state index contributed by atoms with van der Waals surface area (Å²) in [4.78, 5) is 4.25. The van der Waals surface area contributed by atoms with Crippen LogP contribution in [-0.4, -0.2) is 11.5 Å². The van der Waals surface area contributed by atoms with Crippen LogP contribution in [0.15, 0.2) is 22.8 Å². The van der Waals surface area contributed by atoms with E-state index in [1.165, 1.54) is 12.8 Å². The lowest BCUT2D eigenvalue weighted by Gasteiger charge is -2.03. The van der Waals surface area contributed by atoms with Gasteiger partial charge in [-0.15, -0.1) is 0 Å². The predicted molar refractivity (Wildman–Crippen MR) is 55.3 cm³/mol. The molecule has 1 heterocycles. The van der Waals surface area contributed by atoms with Crippen molar-refractivity contribution in [1.29, 1.82) is 0 Å². The summed E-state index contributed by atoms with van der Waals surface area (Å²) in [6, 6.07) is 5.87. The van der Waals surface area contributed by atoms with Crippen molar-refractivity contribution >= 4 is 21.7 Å². The average molecular weight is 229 g/mol. The summed E-state index contributed by atoms with van der Waals surface area (Å²) in [7, 11) is 0. The van der Waals surface area contributed by atoms with Crippen molar-refractivity contribution in [3.63, 3.8) is 0 Å². The molecule has 0 aliphatic rings. The van der Waals surface area contributed by atoms with Crippen molar-refractivity contribution in [1.82, 2.24) is 4.98 Å². The third kappa shape index (κ3) is 3.22. The largest absolute Gasteiger partial charge is 0.370 e. The molecule has 0 saturated heterocycles. The van der Waals surface area contributed by atoms with Crippen LogP contribution in [0.25, 0.3) is 0 Å². The number of hydrogen-bond acceptors (Lipinski definition) is 2. The SMILES string of the molecule is CCCCNc1cccc(Br)n1. The lowest BCUT2D eigenvalue weighted by atomic mass is 10.3. The molecule has 2 nitrogen and oxygen atoms in total. The molecule has 0 saturated carbocycles. The van der Waals surface area contributed by atoms with Gasteiger partial charge in [-0.2, -0.15) is 0 Å². The molecule has 0 bridgehead atoms. The van der Waals surface area contributed by atoms with Crippen molar-refractivity contribution in [2.24, 2.45) is 0 Å². The van der Waals surface area contributed by atoms with Gasteiger partial charge < -0.3 is 5.32 Å². The van der Waals surface area contributed by atoms with Gasteiger partial charge in [-0.3, -0.25) is 0 Å². The first-order valence-corrected chi connectivity index (χ1v) is 4.98. The van der Waals surface area contributed by atoms with E-state index in [0.29, 0.717) is 0 Å². The first kappa shape index (κ1) is 9.52. The number of nitrogens with one attached hydrogen (secondary N) is 1. The van der Waals surface area contributed by atoms with Gasteiger partial charge in [0.15, 0.2) is 0 Å². The van der Waals surface area contributed by atoms with Crippen molar-refractivity contribution in [3.05, 3.63) is 22.8 Å². The summed E-state index contributed by atoms with van der Waals surface area (Å²) in [5.74, 6) is 0.942. The van der Waals surface area contributed by atoms with E-state index in [-0.39, 0.29) is 0 Å². The highest BCUT2D eigenvalue weighted by molar-refractivity contribution is 9.10. The standard InChI is InChI=1S/C9H13BrN2/c1-2-3-7-11-9-6-4-5-8(10)12-9/h4-6H,2-3,7H2,1H3,(H,11,12). The van der Waals surface area contributed by atoms with E-state index in [1.54, 1.807) is 0 Å². The lowest BCUT2D eigenvalue weighted by molar-refractivity contribution is 0.831. The minimum absolute atomic E-state index is 0.879. The summed E-state index contributed by atoms with van der Waals surface area (Å²) in [6.45, 7) is 3.18. The summed E-state index contributed by atoms with van der Waals surface area (Å²) in [5, 5.41) is 3.25. The Hall–Kier alpha value is -0.570. The van der Waals surface area contributed by atoms with Crippen LogP contribution in [0, 0.1) is 0 Å². The summed E-state index contributed by atoms with van der Waals surface area (Å²) >= 11 is 3.32. The van der Waals surface area contributed by atoms with Crippen LogP contribution in [0.5, 0.6) is 0 Å². The molecular formula is C9H13BrN2. The third-order valence-electron chi connectivity index (χ3n) is 1.55. The highest BCUT2D eigenvalue weighted by Crippen LogP contribution is 2.09. The van der Waals surface area contributed by atoms with Gasteiger partial charge in [0, 0.05) is 6.54 Å². The molecule has 0 aromatic carbocycles. The van der Waals surface area contributed by atoms with Crippen molar-refractivity contribution in [2.75, 3.05) is 11.9 Å². The zero-order valence-electron chi connectivity index (χ0n) is 7.18. The Balaban J connectivity index is 2.41. The molecule has 0 fully saturated rings. The fourth-order valence-electron chi connectivity index (χ4n) is 0.900. The number of rotatable bonds is 4. The first-order chi connectivity index (χ1) is 5.83. The Morgan fingerprint density at radius 1 is 1.50 bits per heavy atom. The van der Waals surface area contributed by atoms with Gasteiger partial charge in [-0.25, -0.2) is 4.98 Å². The van der Waals surface area contributed by atoms with Crippen molar-refractivity contribution < 1.29 is 0 Å². The monoisotopic (exact) mass is 228 g/mol. The van der Waals surface area contributed by atoms with E-state index in [9.17, 15) is 0 Å². The molecule has 0 atom stereocenters. The average Bonchev–Trinajstić information content (AvgIpc) is 2.05. The van der Waals surface area contributed by atoms with Gasteiger partial charge in [0.2, 0.25) is 0 Å². The minimum atomic E-state index is 0.879. The number of anilines is 1. The first-order valence-electron chi connectivity index (χ1n) is 4.19. The fourth-order valence-corrected chi connectivity index (χ4v) is 1.24. The molecule has 0 radical (unpaired) electrons. The molecule has 66 valence electrons. The van der Waals surface area contributed by atoms with E-state index >= 15 is 0 Å². The zero-order chi connectivity index (χ0) is 8.81. The molecule has 0 spiro atoms. The Morgan fingerprint density at radius 2 is 2.33 bits per heavy atom. The van der Waals surface area contributed by atoms with Crippen LogP contribution < -0.4 is 5.32 Å². The molecule has 3 heteroatoms. The maximum absolute atomic E-state index is 4.25. The highest BCUT2D eigenvalue weighted by atomic mass is 79.9. The number of hydrogen-bond donors (Lipinski definition) is 1. The molecule has 1 aromatic heterocycles. The van der Waals surface area contributed by atoms with Gasteiger partial charge in [-0.05, 0) is 34.5 Å². The van der Waals surface area contributed by atoms with Crippen molar-refractivity contribution in [3.8, 4) is 0 Å². The van der Waals surface area contributed by atoms with Gasteiger partial charge in [0.05, 0.1) is 0 Å². The number of pyridine rings is 1. The van der Waals surface area contributed by atoms with Crippen LogP contribution in [0.2, 0.25) is 0 Å². The second-order valence-electron chi connectivity index (χ2n) is 2.63. The fraction of sp³-hybridized carbons (Fsp3) is 0.444. The van der Waals surface area contributed by atoms with Crippen LogP contribution in [-0.2, 0) is 0 Å². The van der Waals surface area contributed by atoms with E-state index < -0.39 is 0 Å². The van der Waals surface area contributed by atoms with Gasteiger partial charge in [-0.1, -0.05) is 19.4 Å². The summed E-state index contributed by atoms with van der Waals surface area (Å²) in [6.07, 6.45) is 2.40. The van der Waals surface area contributed by atoms with Gasteiger partial charge in [0.1, 0.15) is 10.4 Å². The van der Waals surface area contributed by atoms with Gasteiger partial charge in [0.25, 0.3) is 0 Å². The topological polar surface area (TPSA) is 24.9 Å². The summed E-state index contributed by atoms with van der Waals surface area (Å²) < 4.78 is 0.879. The normalized spacial score (nSPS) is 9.83. The molecule has 0 amide bonds. The second kappa shape index (κ2) is 5.14. The second-order valence-corrected chi connectivity index (χ2v) is 3.44. The Labute approximate surface area is 81.5 Å². The third-order valence-corrected chi connectivity index (χ3v) is 1.99. The van der Waals surface area contributed by atoms with Crippen LogP contribution in [0.4, 0.5) is 5.82 Å². The summed E-state index contributed by atoms with van der Waals surface area (Å²) in [5.41, 5.74) is 0. The lowest BCUT2D eigenvalue weighted by Crippen LogP contribution is -2.02. The minimum Gasteiger partial charge on any atom is -0.370 e. The molecule has 0 aliphatic heterocycles. The number of nitrogens with zero attached hydrogens (tertiary/aromatic N) is 1. The number of aromatic nitrogens is 1. The van der Waals surface area contributed by atoms with Crippen LogP contribution >= 0.6 is 15.9 Å². The molecule has 12 heavy (non-hydrogen) atoms. The van der Waals surface area contributed by atoms with E-state index in [2.05, 4.69) is 33.2 Å². The van der Waals surface area contributed by atoms with E-state index in [1.807, 2.05) is 18.2 Å². The van der Waals surface area contributed by atoms with E-state index in [0.717, 1.165) is 17.0 Å². The maximum Gasteiger partial charge on any atom is 0.127 e. The quantitative estimate of drug-likeness (QED) is 0.634. The van der Waals surface area contributed by atoms with Crippen molar-refractivity contribution in [2.45, 2.75) is 19.8 Å². The van der Waals surface area contributed by atoms with Crippen LogP contribution in [0.3, 0.4) is 0 Å². The number of unbranched alkanes of at least 4 members (excludes halogenated alkanes) is 1. The van der Waals surface area contributed by atoms with Crippen LogP contribution in [0.1, 0.15) is 19.8 Å². The Bertz CT molecular complexity index is 238. The molecule has 1 aromatic rings. The maximum atomic E-state index is 4.25. The zero-order valence-corrected chi connectivity index (χ0v) is 8.76. The molecule has 0 aliphatic carbocycles.